The zero-order chi connectivity index (χ0) is 23.0. The van der Waals surface area contributed by atoms with Crippen LogP contribution in [0.15, 0.2) is 44.3 Å². The molecule has 1 amide bonds. The van der Waals surface area contributed by atoms with E-state index in [1.807, 2.05) is 6.92 Å². The number of carbonyl (C=O) groups is 1. The molecule has 0 bridgehead atoms. The maximum Gasteiger partial charge on any atom is 0.257 e. The minimum absolute atomic E-state index is 0.000277. The molecule has 10 nitrogen and oxygen atoms in total. The van der Waals surface area contributed by atoms with Crippen molar-refractivity contribution >= 4 is 23.0 Å². The number of furan rings is 1. The first-order chi connectivity index (χ1) is 14.6. The van der Waals surface area contributed by atoms with Gasteiger partial charge in [-0.15, -0.1) is 0 Å². The number of hydrogen-bond acceptors (Lipinski definition) is 9. The van der Waals surface area contributed by atoms with Gasteiger partial charge >= 0.3 is 0 Å². The lowest BCUT2D eigenvalue weighted by Gasteiger charge is -2.32. The number of aryl methyl sites for hydroxylation is 1. The number of aromatic hydroxyl groups is 1. The highest BCUT2D eigenvalue weighted by Gasteiger charge is 2.34. The number of nitrogens with zero attached hydrogens (tertiary/aromatic N) is 3. The average Bonchev–Trinajstić information content (AvgIpc) is 3.16. The molecular formula is C21H25N5O5. The third-order valence-corrected chi connectivity index (χ3v) is 5.08. The number of hydrazine groups is 2. The number of nitrogens with two attached hydrogens (primary N) is 2. The normalized spacial score (nSPS) is 12.1. The summed E-state index contributed by atoms with van der Waals surface area (Å²) in [6.45, 7) is 3.64. The second-order valence-corrected chi connectivity index (χ2v) is 7.38. The summed E-state index contributed by atoms with van der Waals surface area (Å²) in [6, 6.07) is 7.37. The highest BCUT2D eigenvalue weighted by Crippen LogP contribution is 2.37. The van der Waals surface area contributed by atoms with Crippen LogP contribution in [0.25, 0.3) is 0 Å². The van der Waals surface area contributed by atoms with Gasteiger partial charge in [-0.3, -0.25) is 24.4 Å². The van der Waals surface area contributed by atoms with Crippen LogP contribution in [0.4, 0.5) is 17.1 Å². The molecule has 0 fully saturated rings. The van der Waals surface area contributed by atoms with E-state index in [-0.39, 0.29) is 22.6 Å². The van der Waals surface area contributed by atoms with Gasteiger partial charge in [0, 0.05) is 14.1 Å². The predicted molar refractivity (Wildman–Crippen MR) is 117 cm³/mol. The molecule has 0 radical (unpaired) electrons. The number of anilines is 3. The van der Waals surface area contributed by atoms with E-state index in [1.54, 1.807) is 19.1 Å². The van der Waals surface area contributed by atoms with E-state index in [0.29, 0.717) is 17.9 Å². The molecule has 0 saturated carbocycles. The Labute approximate surface area is 178 Å². The van der Waals surface area contributed by atoms with Gasteiger partial charge in [-0.2, -0.15) is 0 Å². The number of rotatable bonds is 7. The summed E-state index contributed by atoms with van der Waals surface area (Å²) in [6.07, 6.45) is 0.490. The highest BCUT2D eigenvalue weighted by atomic mass is 16.3. The third-order valence-electron chi connectivity index (χ3n) is 5.08. The van der Waals surface area contributed by atoms with Crippen molar-refractivity contribution in [3.63, 3.8) is 0 Å². The highest BCUT2D eigenvalue weighted by molar-refractivity contribution is 5.99. The smallest absolute Gasteiger partial charge is 0.257 e. The van der Waals surface area contributed by atoms with E-state index in [1.165, 1.54) is 37.2 Å². The zero-order valence-electron chi connectivity index (χ0n) is 17.7. The van der Waals surface area contributed by atoms with Crippen molar-refractivity contribution in [1.29, 1.82) is 0 Å². The van der Waals surface area contributed by atoms with Crippen molar-refractivity contribution in [3.8, 4) is 5.75 Å². The Hall–Kier alpha value is -3.63. The van der Waals surface area contributed by atoms with E-state index in [2.05, 4.69) is 0 Å². The van der Waals surface area contributed by atoms with Gasteiger partial charge in [-0.25, -0.2) is 11.7 Å². The van der Waals surface area contributed by atoms with Crippen LogP contribution in [0, 0.1) is 6.92 Å². The summed E-state index contributed by atoms with van der Waals surface area (Å²) in [5.74, 6) is 12.7. The minimum Gasteiger partial charge on any atom is -0.505 e. The van der Waals surface area contributed by atoms with Crippen molar-refractivity contribution in [3.05, 3.63) is 67.9 Å². The van der Waals surface area contributed by atoms with Crippen LogP contribution in [0.5, 0.6) is 5.75 Å². The monoisotopic (exact) mass is 427 g/mol. The Balaban J connectivity index is 2.04. The van der Waals surface area contributed by atoms with E-state index in [4.69, 9.17) is 16.1 Å². The van der Waals surface area contributed by atoms with Gasteiger partial charge < -0.3 is 14.4 Å². The molecule has 3 rings (SSSR count). The summed E-state index contributed by atoms with van der Waals surface area (Å²) in [4.78, 5) is 38.4. The Bertz CT molecular complexity index is 1190. The van der Waals surface area contributed by atoms with Crippen LogP contribution in [-0.2, 0) is 0 Å². The van der Waals surface area contributed by atoms with Crippen molar-refractivity contribution < 1.29 is 14.3 Å². The summed E-state index contributed by atoms with van der Waals surface area (Å²) >= 11 is 0. The molecule has 0 aliphatic heterocycles. The number of phenolic OH excluding ortho intramolecular Hbond substituents is 1. The fraction of sp³-hybridized carbons (Fsp3) is 0.286. The van der Waals surface area contributed by atoms with E-state index < -0.39 is 28.6 Å². The number of amides is 1. The molecule has 1 aromatic heterocycles. The molecule has 1 heterocycles. The quantitative estimate of drug-likeness (QED) is 0.289. The molecule has 31 heavy (non-hydrogen) atoms. The second-order valence-electron chi connectivity index (χ2n) is 7.38. The topological polar surface area (TPSA) is 146 Å². The first-order valence-electron chi connectivity index (χ1n) is 9.62. The van der Waals surface area contributed by atoms with Crippen LogP contribution < -0.4 is 32.6 Å². The molecule has 3 aromatic rings. The fourth-order valence-corrected chi connectivity index (χ4v) is 3.41. The van der Waals surface area contributed by atoms with Gasteiger partial charge in [0.2, 0.25) is 0 Å². The van der Waals surface area contributed by atoms with Crippen LogP contribution in [0.2, 0.25) is 0 Å². The number of benzene rings is 1. The fourth-order valence-electron chi connectivity index (χ4n) is 3.41. The molecule has 0 saturated heterocycles. The molecule has 1 unspecified atom stereocenters. The lowest BCUT2D eigenvalue weighted by Crippen LogP contribution is -2.50. The molecule has 2 aromatic carbocycles. The van der Waals surface area contributed by atoms with Gasteiger partial charge in [0.05, 0.1) is 5.56 Å². The Morgan fingerprint density at radius 2 is 1.74 bits per heavy atom. The van der Waals surface area contributed by atoms with Gasteiger partial charge in [0.25, 0.3) is 16.8 Å². The number of carbonyl (C=O) groups excluding carboxylic acids is 1. The van der Waals surface area contributed by atoms with Crippen molar-refractivity contribution in [2.24, 2.45) is 11.7 Å². The van der Waals surface area contributed by atoms with E-state index in [9.17, 15) is 19.5 Å². The Morgan fingerprint density at radius 1 is 1.10 bits per heavy atom. The maximum absolute atomic E-state index is 12.4. The summed E-state index contributed by atoms with van der Waals surface area (Å²) in [7, 11) is 3.08. The molecule has 0 spiro atoms. The molecule has 1 atom stereocenters. The number of phenols is 1. The van der Waals surface area contributed by atoms with Gasteiger partial charge in [-0.05, 0) is 37.6 Å². The minimum atomic E-state index is -0.845. The second kappa shape index (κ2) is 8.25. The number of para-hydroxylation sites is 1. The van der Waals surface area contributed by atoms with Crippen LogP contribution >= 0.6 is 0 Å². The lowest BCUT2D eigenvalue weighted by molar-refractivity contribution is 0.0824. The molecule has 10 heteroatoms. The third kappa shape index (κ3) is 3.66. The Kier molecular flexibility index (Phi) is 5.87. The molecule has 164 valence electrons. The predicted octanol–water partition coefficient (Wildman–Crippen LogP) is 1.43. The van der Waals surface area contributed by atoms with Crippen molar-refractivity contribution in [1.82, 2.24) is 4.90 Å². The zero-order valence-corrected chi connectivity index (χ0v) is 17.7. The summed E-state index contributed by atoms with van der Waals surface area (Å²) in [5, 5.41) is 12.6. The molecule has 0 aliphatic carbocycles. The van der Waals surface area contributed by atoms with E-state index in [0.717, 1.165) is 10.0 Å². The standard InChI is InChI=1S/C21H25N5O5/c1-5-13(15-10-9-11(2)31-15)25(22)16-17(20(29)19(16)28)26(23)14-8-6-7-12(18(14)27)21(30)24(3)4/h6-10,13,27H,5,22-23H2,1-4H3. The molecule has 0 aliphatic rings. The van der Waals surface area contributed by atoms with E-state index >= 15 is 0 Å². The largest absolute Gasteiger partial charge is 0.505 e. The summed E-state index contributed by atoms with van der Waals surface area (Å²) in [5.41, 5.74) is -1.94. The molecule has 5 N–H and O–H groups in total. The first kappa shape index (κ1) is 22.1. The van der Waals surface area contributed by atoms with Crippen molar-refractivity contribution in [2.75, 3.05) is 24.1 Å². The number of hydrogen-bond donors (Lipinski definition) is 3. The summed E-state index contributed by atoms with van der Waals surface area (Å²) < 4.78 is 5.63. The maximum atomic E-state index is 12.4. The average molecular weight is 427 g/mol. The van der Waals surface area contributed by atoms with Crippen LogP contribution in [-0.4, -0.2) is 30.0 Å². The van der Waals surface area contributed by atoms with Crippen molar-refractivity contribution in [2.45, 2.75) is 26.3 Å². The van der Waals surface area contributed by atoms with Gasteiger partial charge in [0.1, 0.15) is 34.6 Å². The Morgan fingerprint density at radius 3 is 2.29 bits per heavy atom. The SMILES string of the molecule is CCC(c1ccc(C)o1)N(N)c1c(N(N)c2cccc(C(=O)N(C)C)c2O)c(=O)c1=O. The van der Waals surface area contributed by atoms with Crippen LogP contribution in [0.3, 0.4) is 0 Å². The van der Waals surface area contributed by atoms with Gasteiger partial charge in [-0.1, -0.05) is 13.0 Å². The van der Waals surface area contributed by atoms with Gasteiger partial charge in [0.15, 0.2) is 5.75 Å². The first-order valence-corrected chi connectivity index (χ1v) is 9.62. The van der Waals surface area contributed by atoms with Crippen LogP contribution in [0.1, 0.15) is 41.3 Å². The lowest BCUT2D eigenvalue weighted by atomic mass is 10.1. The molecular weight excluding hydrogens is 402 g/mol.